The van der Waals surface area contributed by atoms with Crippen LogP contribution in [0.5, 0.6) is 5.88 Å². The van der Waals surface area contributed by atoms with Gasteiger partial charge >= 0.3 is 0 Å². The quantitative estimate of drug-likeness (QED) is 0.537. The lowest BCUT2D eigenvalue weighted by Crippen LogP contribution is -2.15. The number of aromatic nitrogens is 1. The highest BCUT2D eigenvalue weighted by Gasteiger charge is 2.25. The van der Waals surface area contributed by atoms with Crippen LogP contribution in [-0.4, -0.2) is 17.9 Å². The third-order valence-electron chi connectivity index (χ3n) is 3.71. The number of nitrogens with zero attached hydrogens (tertiary/aromatic N) is 1. The number of methoxy groups -OCH3 is 1. The van der Waals surface area contributed by atoms with Crippen molar-refractivity contribution in [3.8, 4) is 5.88 Å². The molecule has 0 aliphatic heterocycles. The van der Waals surface area contributed by atoms with Crippen molar-refractivity contribution in [2.75, 3.05) is 7.11 Å². The molecule has 2 aromatic carbocycles. The van der Waals surface area contributed by atoms with E-state index in [1.165, 1.54) is 11.3 Å². The van der Waals surface area contributed by atoms with Crippen LogP contribution in [-0.2, 0) is 6.42 Å². The standard InChI is InChI=1S/C19H16BrNO2S/c1-23-17-12-24-19(21-17)16(11-13-6-5-9-15(20)10-13)18(22)14-7-3-2-4-8-14/h2-10,12,16H,11H2,1H3. The molecule has 1 unspecified atom stereocenters. The zero-order valence-corrected chi connectivity index (χ0v) is 15.5. The van der Waals surface area contributed by atoms with Crippen LogP contribution < -0.4 is 4.74 Å². The molecule has 0 N–H and O–H groups in total. The van der Waals surface area contributed by atoms with Crippen LogP contribution in [0.3, 0.4) is 0 Å². The molecular formula is C19H16BrNO2S. The van der Waals surface area contributed by atoms with Crippen LogP contribution >= 0.6 is 27.3 Å². The lowest BCUT2D eigenvalue weighted by Gasteiger charge is -2.14. The highest BCUT2D eigenvalue weighted by Crippen LogP contribution is 2.30. The summed E-state index contributed by atoms with van der Waals surface area (Å²) in [5.74, 6) is 0.304. The number of thiazole rings is 1. The third-order valence-corrected chi connectivity index (χ3v) is 5.14. The van der Waals surface area contributed by atoms with Crippen molar-refractivity contribution in [3.05, 3.63) is 80.6 Å². The molecule has 0 spiro atoms. The molecule has 122 valence electrons. The van der Waals surface area contributed by atoms with E-state index in [4.69, 9.17) is 4.74 Å². The molecular weight excluding hydrogens is 386 g/mol. The second-order valence-electron chi connectivity index (χ2n) is 5.35. The van der Waals surface area contributed by atoms with Gasteiger partial charge in [-0.05, 0) is 24.1 Å². The van der Waals surface area contributed by atoms with Gasteiger partial charge in [-0.2, -0.15) is 0 Å². The summed E-state index contributed by atoms with van der Waals surface area (Å²) < 4.78 is 6.18. The number of ether oxygens (including phenoxy) is 1. The van der Waals surface area contributed by atoms with Gasteiger partial charge < -0.3 is 4.74 Å². The largest absolute Gasteiger partial charge is 0.480 e. The number of rotatable bonds is 6. The molecule has 3 aromatic rings. The van der Waals surface area contributed by atoms with Gasteiger partial charge in [0.05, 0.1) is 18.4 Å². The summed E-state index contributed by atoms with van der Waals surface area (Å²) in [5, 5.41) is 2.61. The molecule has 0 fully saturated rings. The Morgan fingerprint density at radius 2 is 2.00 bits per heavy atom. The Morgan fingerprint density at radius 3 is 2.67 bits per heavy atom. The minimum absolute atomic E-state index is 0.0765. The summed E-state index contributed by atoms with van der Waals surface area (Å²) in [4.78, 5) is 17.5. The van der Waals surface area contributed by atoms with Crippen LogP contribution in [0.25, 0.3) is 0 Å². The highest BCUT2D eigenvalue weighted by molar-refractivity contribution is 9.10. The van der Waals surface area contributed by atoms with Gasteiger partial charge in [-0.25, -0.2) is 4.98 Å². The van der Waals surface area contributed by atoms with E-state index in [0.29, 0.717) is 17.9 Å². The summed E-state index contributed by atoms with van der Waals surface area (Å²) in [5.41, 5.74) is 1.79. The molecule has 0 bridgehead atoms. The predicted molar refractivity (Wildman–Crippen MR) is 100 cm³/mol. The Kier molecular flexibility index (Phi) is 5.43. The molecule has 24 heavy (non-hydrogen) atoms. The number of ketones is 1. The molecule has 0 aliphatic rings. The highest BCUT2D eigenvalue weighted by atomic mass is 79.9. The maximum Gasteiger partial charge on any atom is 0.224 e. The molecule has 1 aromatic heterocycles. The monoisotopic (exact) mass is 401 g/mol. The van der Waals surface area contributed by atoms with Crippen LogP contribution in [0.1, 0.15) is 26.8 Å². The van der Waals surface area contributed by atoms with E-state index < -0.39 is 0 Å². The Bertz CT molecular complexity index is 832. The Balaban J connectivity index is 1.95. The van der Waals surface area contributed by atoms with E-state index in [1.807, 2.05) is 60.0 Å². The number of hydrogen-bond donors (Lipinski definition) is 0. The van der Waals surface area contributed by atoms with Gasteiger partial charge in [0.2, 0.25) is 5.88 Å². The molecule has 0 saturated carbocycles. The van der Waals surface area contributed by atoms with Gasteiger partial charge in [-0.3, -0.25) is 4.79 Å². The molecule has 3 nitrogen and oxygen atoms in total. The fourth-order valence-corrected chi connectivity index (χ4v) is 3.84. The molecule has 0 aliphatic carbocycles. The Labute approximate surface area is 153 Å². The average molecular weight is 402 g/mol. The third kappa shape index (κ3) is 3.91. The van der Waals surface area contributed by atoms with Crippen molar-refractivity contribution >= 4 is 33.0 Å². The molecule has 0 saturated heterocycles. The fraction of sp³-hybridized carbons (Fsp3) is 0.158. The number of benzene rings is 2. The number of hydrogen-bond acceptors (Lipinski definition) is 4. The van der Waals surface area contributed by atoms with Gasteiger partial charge in [0.1, 0.15) is 5.01 Å². The van der Waals surface area contributed by atoms with Crippen molar-refractivity contribution in [1.82, 2.24) is 4.98 Å². The van der Waals surface area contributed by atoms with Crippen molar-refractivity contribution in [1.29, 1.82) is 0 Å². The maximum absolute atomic E-state index is 13.0. The molecule has 3 rings (SSSR count). The first kappa shape index (κ1) is 16.9. The van der Waals surface area contributed by atoms with Crippen molar-refractivity contribution in [2.24, 2.45) is 0 Å². The average Bonchev–Trinajstić information content (AvgIpc) is 3.09. The zero-order valence-electron chi connectivity index (χ0n) is 13.1. The molecule has 1 heterocycles. The Hall–Kier alpha value is -1.98. The van der Waals surface area contributed by atoms with E-state index >= 15 is 0 Å². The zero-order chi connectivity index (χ0) is 16.9. The fourth-order valence-electron chi connectivity index (χ4n) is 2.52. The summed E-state index contributed by atoms with van der Waals surface area (Å²) in [6, 6.07) is 17.4. The first-order valence-electron chi connectivity index (χ1n) is 7.50. The molecule has 1 atom stereocenters. The van der Waals surface area contributed by atoms with Crippen molar-refractivity contribution < 1.29 is 9.53 Å². The SMILES string of the molecule is COc1csc(C(Cc2cccc(Br)c2)C(=O)c2ccccc2)n1. The van der Waals surface area contributed by atoms with E-state index in [9.17, 15) is 4.79 Å². The maximum atomic E-state index is 13.0. The summed E-state index contributed by atoms with van der Waals surface area (Å²) in [7, 11) is 1.58. The number of carbonyl (C=O) groups is 1. The molecule has 0 radical (unpaired) electrons. The second kappa shape index (κ2) is 7.73. The van der Waals surface area contributed by atoms with Gasteiger partial charge in [0.25, 0.3) is 0 Å². The van der Waals surface area contributed by atoms with Crippen molar-refractivity contribution in [2.45, 2.75) is 12.3 Å². The smallest absolute Gasteiger partial charge is 0.224 e. The number of Topliss-reactive ketones (excluding diaryl/α,β-unsaturated/α-hetero) is 1. The lowest BCUT2D eigenvalue weighted by molar-refractivity contribution is 0.0958. The van der Waals surface area contributed by atoms with E-state index in [2.05, 4.69) is 20.9 Å². The summed E-state index contributed by atoms with van der Waals surface area (Å²) in [6.07, 6.45) is 0.601. The van der Waals surface area contributed by atoms with E-state index in [-0.39, 0.29) is 11.7 Å². The Morgan fingerprint density at radius 1 is 1.21 bits per heavy atom. The molecule has 5 heteroatoms. The van der Waals surface area contributed by atoms with E-state index in [1.54, 1.807) is 7.11 Å². The first-order valence-corrected chi connectivity index (χ1v) is 9.18. The predicted octanol–water partition coefficient (Wildman–Crippen LogP) is 5.12. The first-order chi connectivity index (χ1) is 11.7. The number of carbonyl (C=O) groups excluding carboxylic acids is 1. The van der Waals surface area contributed by atoms with Gasteiger partial charge in [0, 0.05) is 10.0 Å². The minimum atomic E-state index is -0.324. The minimum Gasteiger partial charge on any atom is -0.480 e. The van der Waals surface area contributed by atoms with Crippen LogP contribution in [0.15, 0.2) is 64.5 Å². The van der Waals surface area contributed by atoms with Gasteiger partial charge in [-0.1, -0.05) is 58.4 Å². The van der Waals surface area contributed by atoms with Crippen LogP contribution in [0.2, 0.25) is 0 Å². The van der Waals surface area contributed by atoms with Crippen molar-refractivity contribution in [3.63, 3.8) is 0 Å². The summed E-state index contributed by atoms with van der Waals surface area (Å²) >= 11 is 4.95. The van der Waals surface area contributed by atoms with Crippen LogP contribution in [0.4, 0.5) is 0 Å². The normalized spacial score (nSPS) is 11.9. The van der Waals surface area contributed by atoms with Gasteiger partial charge in [-0.15, -0.1) is 11.3 Å². The second-order valence-corrected chi connectivity index (χ2v) is 7.15. The summed E-state index contributed by atoms with van der Waals surface area (Å²) in [6.45, 7) is 0. The molecule has 0 amide bonds. The topological polar surface area (TPSA) is 39.2 Å². The lowest BCUT2D eigenvalue weighted by atomic mass is 9.92. The van der Waals surface area contributed by atoms with Crippen LogP contribution in [0, 0.1) is 0 Å². The van der Waals surface area contributed by atoms with Gasteiger partial charge in [0.15, 0.2) is 5.78 Å². The van der Waals surface area contributed by atoms with E-state index in [0.717, 1.165) is 15.0 Å². The number of halogens is 1.